The highest BCUT2D eigenvalue weighted by molar-refractivity contribution is 5.95. The Hall–Kier alpha value is -2.12. The van der Waals surface area contributed by atoms with Gasteiger partial charge in [-0.05, 0) is 29.5 Å². The van der Waals surface area contributed by atoms with E-state index in [0.717, 1.165) is 57.9 Å². The summed E-state index contributed by atoms with van der Waals surface area (Å²) in [5.74, 6) is 1.30. The lowest BCUT2D eigenvalue weighted by Gasteiger charge is -2.34. The average Bonchev–Trinajstić information content (AvgIpc) is 3.10. The Morgan fingerprint density at radius 2 is 1.89 bits per heavy atom. The molecular weight excluding hydrogens is 356 g/mol. The summed E-state index contributed by atoms with van der Waals surface area (Å²) in [6.45, 7) is 10.3. The van der Waals surface area contributed by atoms with Gasteiger partial charge in [-0.25, -0.2) is 4.79 Å². The molecule has 7 nitrogen and oxygen atoms in total. The minimum atomic E-state index is -0.398. The number of rotatable bonds is 7. The van der Waals surface area contributed by atoms with Crippen molar-refractivity contribution in [3.8, 4) is 5.75 Å². The first-order valence-electron chi connectivity index (χ1n) is 10.3. The van der Waals surface area contributed by atoms with Gasteiger partial charge in [0, 0.05) is 45.7 Å². The third-order valence-electron chi connectivity index (χ3n) is 5.25. The zero-order valence-corrected chi connectivity index (χ0v) is 17.0. The fourth-order valence-corrected chi connectivity index (χ4v) is 3.59. The molecule has 1 aromatic rings. The molecule has 0 aromatic heterocycles. The second kappa shape index (κ2) is 9.89. The van der Waals surface area contributed by atoms with E-state index in [4.69, 9.17) is 4.74 Å². The van der Waals surface area contributed by atoms with Crippen molar-refractivity contribution in [3.05, 3.63) is 29.3 Å². The predicted molar refractivity (Wildman–Crippen MR) is 108 cm³/mol. The van der Waals surface area contributed by atoms with Gasteiger partial charge in [0.2, 0.25) is 5.91 Å². The Morgan fingerprint density at radius 3 is 2.64 bits per heavy atom. The molecule has 3 rings (SSSR count). The Bertz CT molecular complexity index is 684. The number of carbonyl (C=O) groups excluding carboxylic acids is 2. The molecule has 1 fully saturated rings. The molecule has 0 saturated carbocycles. The Morgan fingerprint density at radius 1 is 1.14 bits per heavy atom. The van der Waals surface area contributed by atoms with E-state index in [1.165, 1.54) is 11.1 Å². The van der Waals surface area contributed by atoms with Gasteiger partial charge in [-0.3, -0.25) is 19.9 Å². The maximum Gasteiger partial charge on any atom is 0.321 e. The largest absolute Gasteiger partial charge is 0.493 e. The van der Waals surface area contributed by atoms with E-state index >= 15 is 0 Å². The number of benzene rings is 1. The first kappa shape index (κ1) is 20.6. The molecule has 0 unspecified atom stereocenters. The minimum absolute atomic E-state index is 0.242. The second-order valence-corrected chi connectivity index (χ2v) is 8.08. The lowest BCUT2D eigenvalue weighted by molar-refractivity contribution is -0.121. The number of carbonyl (C=O) groups is 2. The Labute approximate surface area is 167 Å². The quantitative estimate of drug-likeness (QED) is 0.742. The number of hydrogen-bond donors (Lipinski definition) is 2. The number of urea groups is 1. The standard InChI is InChI=1S/C21H32N4O3/c1-16(2)5-7-22-21(27)23-20(26)15-25-10-8-24(9-11-25)14-17-3-4-19-18(13-17)6-12-28-19/h3-4,13,16H,5-12,14-15H2,1-2H3,(H2,22,23,26,27). The maximum atomic E-state index is 12.1. The lowest BCUT2D eigenvalue weighted by Crippen LogP contribution is -2.50. The van der Waals surface area contributed by atoms with Gasteiger partial charge in [-0.15, -0.1) is 0 Å². The average molecular weight is 389 g/mol. The molecule has 1 aromatic carbocycles. The first-order chi connectivity index (χ1) is 13.5. The normalized spacial score (nSPS) is 17.2. The molecule has 0 bridgehead atoms. The monoisotopic (exact) mass is 388 g/mol. The van der Waals surface area contributed by atoms with E-state index in [2.05, 4.69) is 52.5 Å². The zero-order chi connectivity index (χ0) is 19.9. The van der Waals surface area contributed by atoms with Crippen LogP contribution in [0.15, 0.2) is 18.2 Å². The summed E-state index contributed by atoms with van der Waals surface area (Å²) in [7, 11) is 0. The van der Waals surface area contributed by atoms with Crippen molar-refractivity contribution in [2.24, 2.45) is 5.92 Å². The summed E-state index contributed by atoms with van der Waals surface area (Å²) >= 11 is 0. The van der Waals surface area contributed by atoms with E-state index in [1.54, 1.807) is 0 Å². The van der Waals surface area contributed by atoms with Crippen LogP contribution < -0.4 is 15.4 Å². The van der Waals surface area contributed by atoms with E-state index in [1.807, 2.05) is 0 Å². The van der Waals surface area contributed by atoms with Crippen molar-refractivity contribution in [2.45, 2.75) is 33.2 Å². The van der Waals surface area contributed by atoms with Gasteiger partial charge >= 0.3 is 6.03 Å². The van der Waals surface area contributed by atoms with E-state index in [9.17, 15) is 9.59 Å². The van der Waals surface area contributed by atoms with Crippen LogP contribution in [0.25, 0.3) is 0 Å². The molecule has 2 aliphatic rings. The molecule has 3 amide bonds. The number of hydrogen-bond acceptors (Lipinski definition) is 5. The van der Waals surface area contributed by atoms with Crippen LogP contribution in [-0.4, -0.2) is 67.6 Å². The molecule has 1 saturated heterocycles. The van der Waals surface area contributed by atoms with Crippen LogP contribution in [0.2, 0.25) is 0 Å². The molecule has 0 aliphatic carbocycles. The summed E-state index contributed by atoms with van der Waals surface area (Å²) in [6.07, 6.45) is 1.90. The molecule has 2 N–H and O–H groups in total. The van der Waals surface area contributed by atoms with Crippen LogP contribution in [0, 0.1) is 5.92 Å². The lowest BCUT2D eigenvalue weighted by atomic mass is 10.1. The molecule has 0 radical (unpaired) electrons. The Balaban J connectivity index is 1.34. The molecule has 7 heteroatoms. The topological polar surface area (TPSA) is 73.9 Å². The number of piperazine rings is 1. The molecular formula is C21H32N4O3. The number of ether oxygens (including phenoxy) is 1. The summed E-state index contributed by atoms with van der Waals surface area (Å²) in [4.78, 5) is 28.3. The van der Waals surface area contributed by atoms with Gasteiger partial charge < -0.3 is 10.1 Å². The number of imide groups is 1. The van der Waals surface area contributed by atoms with Crippen LogP contribution >= 0.6 is 0 Å². The molecule has 2 aliphatic heterocycles. The van der Waals surface area contributed by atoms with Gasteiger partial charge in [-0.1, -0.05) is 26.0 Å². The number of nitrogens with zero attached hydrogens (tertiary/aromatic N) is 2. The molecule has 28 heavy (non-hydrogen) atoms. The van der Waals surface area contributed by atoms with Crippen LogP contribution in [0.1, 0.15) is 31.4 Å². The van der Waals surface area contributed by atoms with Gasteiger partial charge in [0.05, 0.1) is 13.2 Å². The van der Waals surface area contributed by atoms with Crippen molar-refractivity contribution >= 4 is 11.9 Å². The van der Waals surface area contributed by atoms with Crippen LogP contribution in [-0.2, 0) is 17.8 Å². The van der Waals surface area contributed by atoms with Gasteiger partial charge in [0.15, 0.2) is 0 Å². The fourth-order valence-electron chi connectivity index (χ4n) is 3.59. The number of nitrogens with one attached hydrogen (secondary N) is 2. The van der Waals surface area contributed by atoms with E-state index < -0.39 is 6.03 Å². The zero-order valence-electron chi connectivity index (χ0n) is 17.0. The van der Waals surface area contributed by atoms with Crippen molar-refractivity contribution in [1.82, 2.24) is 20.4 Å². The molecule has 154 valence electrons. The molecule has 0 atom stereocenters. The highest BCUT2D eigenvalue weighted by Gasteiger charge is 2.20. The smallest absolute Gasteiger partial charge is 0.321 e. The van der Waals surface area contributed by atoms with E-state index in [-0.39, 0.29) is 12.5 Å². The second-order valence-electron chi connectivity index (χ2n) is 8.08. The summed E-state index contributed by atoms with van der Waals surface area (Å²) in [6, 6.07) is 6.07. The maximum absolute atomic E-state index is 12.1. The molecule has 0 spiro atoms. The fraction of sp³-hybridized carbons (Fsp3) is 0.619. The SMILES string of the molecule is CC(C)CCNC(=O)NC(=O)CN1CCN(Cc2ccc3c(c2)CCO3)CC1. The first-order valence-corrected chi connectivity index (χ1v) is 10.3. The Kier molecular flexibility index (Phi) is 7.28. The van der Waals surface area contributed by atoms with Gasteiger partial charge in [0.1, 0.15) is 5.75 Å². The van der Waals surface area contributed by atoms with Crippen molar-refractivity contribution < 1.29 is 14.3 Å². The number of amides is 3. The highest BCUT2D eigenvalue weighted by atomic mass is 16.5. The summed E-state index contributed by atoms with van der Waals surface area (Å²) in [5.41, 5.74) is 2.62. The number of fused-ring (bicyclic) bond motifs is 1. The van der Waals surface area contributed by atoms with Crippen molar-refractivity contribution in [1.29, 1.82) is 0 Å². The molecule has 2 heterocycles. The third kappa shape index (κ3) is 6.21. The van der Waals surface area contributed by atoms with Crippen molar-refractivity contribution in [3.63, 3.8) is 0 Å². The van der Waals surface area contributed by atoms with Crippen molar-refractivity contribution in [2.75, 3.05) is 45.9 Å². The summed E-state index contributed by atoms with van der Waals surface area (Å²) < 4.78 is 5.57. The highest BCUT2D eigenvalue weighted by Crippen LogP contribution is 2.26. The summed E-state index contributed by atoms with van der Waals surface area (Å²) in [5, 5.41) is 5.15. The third-order valence-corrected chi connectivity index (χ3v) is 5.25. The van der Waals surface area contributed by atoms with Crippen LogP contribution in [0.3, 0.4) is 0 Å². The van der Waals surface area contributed by atoms with Gasteiger partial charge in [-0.2, -0.15) is 0 Å². The minimum Gasteiger partial charge on any atom is -0.493 e. The predicted octanol–water partition coefficient (Wildman–Crippen LogP) is 1.61. The van der Waals surface area contributed by atoms with E-state index in [0.29, 0.717) is 12.5 Å². The van der Waals surface area contributed by atoms with Crippen LogP contribution in [0.4, 0.5) is 4.79 Å². The van der Waals surface area contributed by atoms with Gasteiger partial charge in [0.25, 0.3) is 0 Å². The van der Waals surface area contributed by atoms with Crippen LogP contribution in [0.5, 0.6) is 5.75 Å².